The number of hydrogen-bond donors (Lipinski definition) is 2. The lowest BCUT2D eigenvalue weighted by molar-refractivity contribution is 0.476. The molecule has 2 rings (SSSR count). The number of rotatable bonds is 28. The second-order valence-corrected chi connectivity index (χ2v) is 15.7. The average Bonchev–Trinajstić information content (AvgIpc) is 2.99. The second-order valence-electron chi connectivity index (χ2n) is 12.5. The summed E-state index contributed by atoms with van der Waals surface area (Å²) in [5.74, 6) is 1.50. The van der Waals surface area contributed by atoms with E-state index < -0.39 is 20.2 Å². The summed E-state index contributed by atoms with van der Waals surface area (Å²) >= 11 is 0. The van der Waals surface area contributed by atoms with Crippen molar-refractivity contribution in [2.75, 3.05) is 11.5 Å². The van der Waals surface area contributed by atoms with Gasteiger partial charge in [-0.05, 0) is 73.9 Å². The smallest absolute Gasteiger partial charge is 0.264 e. The Morgan fingerprint density at radius 1 is 0.378 bits per heavy atom. The maximum Gasteiger partial charge on any atom is 0.264 e. The van der Waals surface area contributed by atoms with Gasteiger partial charge in [0.15, 0.2) is 0 Å². The van der Waals surface area contributed by atoms with Crippen molar-refractivity contribution < 1.29 is 30.7 Å². The molecule has 0 bridgehead atoms. The zero-order chi connectivity index (χ0) is 32.6. The molecule has 7 nitrogen and oxygen atoms in total. The van der Waals surface area contributed by atoms with Gasteiger partial charge >= 0.3 is 0 Å². The van der Waals surface area contributed by atoms with Gasteiger partial charge in [-0.1, -0.05) is 127 Å². The van der Waals surface area contributed by atoms with Crippen LogP contribution in [-0.4, -0.2) is 37.4 Å². The molecular formula is C36H58O7S2. The van der Waals surface area contributed by atoms with Crippen molar-refractivity contribution in [2.24, 2.45) is 0 Å². The van der Waals surface area contributed by atoms with Crippen LogP contribution in [0.15, 0.2) is 48.5 Å². The lowest BCUT2D eigenvalue weighted by Crippen LogP contribution is -2.03. The predicted molar refractivity (Wildman–Crippen MR) is 186 cm³/mol. The molecule has 2 N–H and O–H groups in total. The molecule has 45 heavy (non-hydrogen) atoms. The molecule has 0 fully saturated rings. The molecule has 0 aliphatic carbocycles. The zero-order valence-electron chi connectivity index (χ0n) is 27.3. The van der Waals surface area contributed by atoms with Crippen LogP contribution in [0.3, 0.4) is 0 Å². The van der Waals surface area contributed by atoms with Crippen molar-refractivity contribution in [3.8, 4) is 11.5 Å². The summed E-state index contributed by atoms with van der Waals surface area (Å²) in [6.07, 6.45) is 24.2. The summed E-state index contributed by atoms with van der Waals surface area (Å²) in [4.78, 5) is 0. The highest BCUT2D eigenvalue weighted by molar-refractivity contribution is 7.86. The van der Waals surface area contributed by atoms with E-state index in [4.69, 9.17) is 13.8 Å². The van der Waals surface area contributed by atoms with Gasteiger partial charge < -0.3 is 4.74 Å². The van der Waals surface area contributed by atoms with Crippen LogP contribution in [0.2, 0.25) is 0 Å². The van der Waals surface area contributed by atoms with E-state index in [1.807, 2.05) is 0 Å². The van der Waals surface area contributed by atoms with Gasteiger partial charge in [0.25, 0.3) is 20.2 Å². The van der Waals surface area contributed by atoms with Gasteiger partial charge in [0.05, 0.1) is 11.5 Å². The highest BCUT2D eigenvalue weighted by Crippen LogP contribution is 2.23. The highest BCUT2D eigenvalue weighted by Gasteiger charge is 2.05. The minimum atomic E-state index is -3.80. The molecule has 2 aromatic carbocycles. The molecule has 0 aliphatic rings. The maximum atomic E-state index is 10.7. The first-order valence-corrected chi connectivity index (χ1v) is 20.6. The molecule has 0 saturated heterocycles. The van der Waals surface area contributed by atoms with Crippen LogP contribution < -0.4 is 4.74 Å². The Balaban J connectivity index is 1.44. The van der Waals surface area contributed by atoms with Gasteiger partial charge in [0.1, 0.15) is 11.5 Å². The summed E-state index contributed by atoms with van der Waals surface area (Å²) in [6, 6.07) is 16.9. The summed E-state index contributed by atoms with van der Waals surface area (Å²) in [5.41, 5.74) is 2.69. The van der Waals surface area contributed by atoms with Crippen molar-refractivity contribution in [1.82, 2.24) is 0 Å². The quantitative estimate of drug-likeness (QED) is 0.0685. The van der Waals surface area contributed by atoms with Gasteiger partial charge in [-0.3, -0.25) is 9.11 Å². The Labute approximate surface area is 274 Å². The van der Waals surface area contributed by atoms with E-state index >= 15 is 0 Å². The second kappa shape index (κ2) is 23.4. The fourth-order valence-electron chi connectivity index (χ4n) is 5.64. The van der Waals surface area contributed by atoms with Crippen molar-refractivity contribution in [1.29, 1.82) is 0 Å². The normalized spacial score (nSPS) is 12.0. The molecule has 0 aliphatic heterocycles. The molecule has 0 unspecified atom stereocenters. The Hall–Kier alpha value is -1.94. The summed E-state index contributed by atoms with van der Waals surface area (Å²) in [6.45, 7) is 0. The van der Waals surface area contributed by atoms with Crippen LogP contribution in [0.1, 0.15) is 140 Å². The van der Waals surface area contributed by atoms with E-state index in [-0.39, 0.29) is 11.5 Å². The van der Waals surface area contributed by atoms with Crippen molar-refractivity contribution >= 4 is 20.2 Å². The van der Waals surface area contributed by atoms with E-state index in [1.54, 1.807) is 0 Å². The highest BCUT2D eigenvalue weighted by atomic mass is 32.2. The largest absolute Gasteiger partial charge is 0.457 e. The number of unbranched alkanes of at least 4 members (excludes halogenated alkanes) is 18. The number of aryl methyl sites for hydroxylation is 2. The van der Waals surface area contributed by atoms with Gasteiger partial charge in [0.2, 0.25) is 0 Å². The summed E-state index contributed by atoms with van der Waals surface area (Å²) in [7, 11) is -7.60. The molecule has 0 atom stereocenters. The van der Waals surface area contributed by atoms with Crippen LogP contribution in [0.4, 0.5) is 0 Å². The minimum Gasteiger partial charge on any atom is -0.457 e. The molecule has 2 aromatic rings. The van der Waals surface area contributed by atoms with Gasteiger partial charge in [-0.25, -0.2) is 0 Å². The van der Waals surface area contributed by atoms with Crippen molar-refractivity contribution in [3.05, 3.63) is 59.7 Å². The van der Waals surface area contributed by atoms with E-state index in [9.17, 15) is 16.8 Å². The van der Waals surface area contributed by atoms with Gasteiger partial charge in [-0.15, -0.1) is 0 Å². The Morgan fingerprint density at radius 3 is 0.889 bits per heavy atom. The van der Waals surface area contributed by atoms with Crippen LogP contribution in [0.25, 0.3) is 0 Å². The monoisotopic (exact) mass is 666 g/mol. The fraction of sp³-hybridized carbons (Fsp3) is 0.667. The maximum absolute atomic E-state index is 10.7. The lowest BCUT2D eigenvalue weighted by Gasteiger charge is -2.08. The van der Waals surface area contributed by atoms with E-state index in [0.29, 0.717) is 12.8 Å². The number of ether oxygens (including phenoxy) is 1. The topological polar surface area (TPSA) is 118 Å². The molecule has 0 spiro atoms. The summed E-state index contributed by atoms with van der Waals surface area (Å²) in [5, 5.41) is 0. The molecule has 256 valence electrons. The molecule has 9 heteroatoms. The minimum absolute atomic E-state index is 0.113. The Kier molecular flexibility index (Phi) is 20.4. The Morgan fingerprint density at radius 2 is 0.622 bits per heavy atom. The molecule has 0 saturated carbocycles. The van der Waals surface area contributed by atoms with Crippen LogP contribution in [0.5, 0.6) is 11.5 Å². The third-order valence-electron chi connectivity index (χ3n) is 8.32. The molecular weight excluding hydrogens is 609 g/mol. The number of hydrogen-bond acceptors (Lipinski definition) is 5. The van der Waals surface area contributed by atoms with Crippen molar-refractivity contribution in [2.45, 2.75) is 141 Å². The first kappa shape index (κ1) is 39.2. The van der Waals surface area contributed by atoms with Gasteiger partial charge in [-0.2, -0.15) is 16.8 Å². The van der Waals surface area contributed by atoms with Crippen LogP contribution in [-0.2, 0) is 33.1 Å². The summed E-state index contributed by atoms with van der Waals surface area (Å²) < 4.78 is 66.3. The first-order chi connectivity index (χ1) is 21.6. The third kappa shape index (κ3) is 23.1. The van der Waals surface area contributed by atoms with E-state index in [1.165, 1.54) is 88.2 Å². The lowest BCUT2D eigenvalue weighted by atomic mass is 10.0. The molecule has 0 radical (unpaired) electrons. The standard InChI is InChI=1S/C36H58O7S2/c37-44(38,39)31-19-15-11-7-3-1-5-9-13-17-21-33-23-27-35(28-24-33)43-36-29-25-34(26-30-36)22-18-14-10-6-2-4-8-12-16-20-32-45(40,41)42/h23-30H,1-22,31-32H2,(H,37,38,39)(H,40,41,42). The molecule has 0 aromatic heterocycles. The van der Waals surface area contributed by atoms with E-state index in [2.05, 4.69) is 48.5 Å². The zero-order valence-corrected chi connectivity index (χ0v) is 29.0. The first-order valence-electron chi connectivity index (χ1n) is 17.4. The Bertz CT molecular complexity index is 1130. The fourth-order valence-corrected chi connectivity index (χ4v) is 6.78. The average molecular weight is 667 g/mol. The number of benzene rings is 2. The SMILES string of the molecule is O=S(=O)(O)CCCCCCCCCCCCc1ccc(Oc2ccc(CCCCCCCCCCCCS(=O)(=O)O)cc2)cc1. The molecule has 0 heterocycles. The third-order valence-corrected chi connectivity index (χ3v) is 9.93. The predicted octanol–water partition coefficient (Wildman–Crippen LogP) is 10.1. The van der Waals surface area contributed by atoms with Crippen LogP contribution >= 0.6 is 0 Å². The van der Waals surface area contributed by atoms with Crippen molar-refractivity contribution in [3.63, 3.8) is 0 Å². The molecule has 0 amide bonds. The van der Waals surface area contributed by atoms with Crippen LogP contribution in [0, 0.1) is 0 Å². The van der Waals surface area contributed by atoms with Gasteiger partial charge in [0, 0.05) is 0 Å². The van der Waals surface area contributed by atoms with E-state index in [0.717, 1.165) is 62.9 Å².